The van der Waals surface area contributed by atoms with E-state index in [0.717, 1.165) is 25.7 Å². The molecule has 1 aromatic heterocycles. The molecule has 2 fully saturated rings. The zero-order valence-corrected chi connectivity index (χ0v) is 17.4. The quantitative estimate of drug-likeness (QED) is 0.442. The number of pyridine rings is 1. The van der Waals surface area contributed by atoms with Gasteiger partial charge in [-0.3, -0.25) is 9.59 Å². The number of aromatic amines is 1. The van der Waals surface area contributed by atoms with E-state index in [-0.39, 0.29) is 17.4 Å². The largest absolute Gasteiger partial charge is 0.506 e. The van der Waals surface area contributed by atoms with E-state index in [1.165, 1.54) is 0 Å². The molecule has 2 aromatic rings. The Morgan fingerprint density at radius 2 is 1.62 bits per heavy atom. The maximum Gasteiger partial charge on any atom is 0.328 e. The fourth-order valence-electron chi connectivity index (χ4n) is 4.37. The third kappa shape index (κ3) is 5.14. The Hall–Kier alpha value is -3.66. The molecular formula is C22H25N3O7. The molecule has 0 aliphatic carbocycles. The fraction of sp³-hybridized carbons (Fsp3) is 0.364. The Morgan fingerprint density at radius 3 is 2.19 bits per heavy atom. The molecule has 0 saturated carbocycles. The van der Waals surface area contributed by atoms with Crippen molar-refractivity contribution in [2.45, 2.75) is 43.8 Å². The molecule has 3 heterocycles. The van der Waals surface area contributed by atoms with Gasteiger partial charge in [0.2, 0.25) is 0 Å². The van der Waals surface area contributed by atoms with Crippen molar-refractivity contribution in [3.05, 3.63) is 52.3 Å². The highest BCUT2D eigenvalue weighted by Gasteiger charge is 2.39. The predicted octanol–water partition coefficient (Wildman–Crippen LogP) is 1.30. The summed E-state index contributed by atoms with van der Waals surface area (Å²) in [7, 11) is 2.14. The number of fused-ring (bicyclic) bond motifs is 3. The number of piperidine rings is 1. The number of hydrogen-bond donors (Lipinski definition) is 5. The summed E-state index contributed by atoms with van der Waals surface area (Å²) in [6, 6.07) is 7.97. The Balaban J connectivity index is 0.000000312. The van der Waals surface area contributed by atoms with Crippen LogP contribution in [0.5, 0.6) is 5.75 Å². The molecule has 5 N–H and O–H groups in total. The lowest BCUT2D eigenvalue weighted by atomic mass is 9.97. The number of rotatable bonds is 4. The first-order valence-corrected chi connectivity index (χ1v) is 10.2. The standard InChI is InChI=1S/C18H21N3O3.C4H4O4/c1-21-11-6-7-12(21)9-10(8-11)19-17(23)15-16(22)13-4-2-3-5-14(13)20-18(15)24;5-3(6)1-2-4(7)8/h2-5,10-12H,6-9H2,1H3,(H,19,23)(H2,20,22,24);1-2H,(H,5,6)(H,7,8)/b;2-1+. The number of hydrogen-bond acceptors (Lipinski definition) is 6. The van der Waals surface area contributed by atoms with Crippen molar-refractivity contribution in [2.75, 3.05) is 7.05 Å². The first-order chi connectivity index (χ1) is 15.2. The normalized spacial score (nSPS) is 22.3. The number of carbonyl (C=O) groups is 3. The number of para-hydroxylation sites is 1. The van der Waals surface area contributed by atoms with Gasteiger partial charge in [-0.25, -0.2) is 9.59 Å². The number of nitrogens with one attached hydrogen (secondary N) is 2. The van der Waals surface area contributed by atoms with Gasteiger partial charge in [0.25, 0.3) is 11.5 Å². The van der Waals surface area contributed by atoms with Crippen LogP contribution in [-0.4, -0.2) is 68.2 Å². The molecule has 2 aliphatic heterocycles. The van der Waals surface area contributed by atoms with Crippen LogP contribution < -0.4 is 10.9 Å². The zero-order chi connectivity index (χ0) is 23.4. The predicted molar refractivity (Wildman–Crippen MR) is 116 cm³/mol. The highest BCUT2D eigenvalue weighted by molar-refractivity contribution is 6.02. The van der Waals surface area contributed by atoms with Crippen molar-refractivity contribution in [1.82, 2.24) is 15.2 Å². The maximum atomic E-state index is 12.6. The third-order valence-electron chi connectivity index (χ3n) is 5.92. The summed E-state index contributed by atoms with van der Waals surface area (Å²) in [5.74, 6) is -3.25. The van der Waals surface area contributed by atoms with Crippen LogP contribution in [0.2, 0.25) is 0 Å². The second-order valence-corrected chi connectivity index (χ2v) is 7.93. The summed E-state index contributed by atoms with van der Waals surface area (Å²) in [4.78, 5) is 49.0. The number of carboxylic acids is 2. The minimum absolute atomic E-state index is 0.0523. The molecular weight excluding hydrogens is 418 g/mol. The SMILES string of the molecule is CN1C2CCC1CC(NC(=O)c1c(O)c3ccccc3[nH]c1=O)C2.O=C(O)/C=C/C(=O)O. The Bertz CT molecular complexity index is 1090. The van der Waals surface area contributed by atoms with Crippen molar-refractivity contribution < 1.29 is 29.7 Å². The van der Waals surface area contributed by atoms with E-state index in [1.807, 2.05) is 0 Å². The van der Waals surface area contributed by atoms with Crippen LogP contribution >= 0.6 is 0 Å². The third-order valence-corrected chi connectivity index (χ3v) is 5.92. The molecule has 0 radical (unpaired) electrons. The monoisotopic (exact) mass is 443 g/mol. The van der Waals surface area contributed by atoms with Crippen LogP contribution in [0.4, 0.5) is 0 Å². The molecule has 1 amide bonds. The van der Waals surface area contributed by atoms with E-state index in [1.54, 1.807) is 24.3 Å². The van der Waals surface area contributed by atoms with Crippen molar-refractivity contribution in [3.63, 3.8) is 0 Å². The van der Waals surface area contributed by atoms with E-state index < -0.39 is 23.4 Å². The van der Waals surface area contributed by atoms with Gasteiger partial charge in [0.15, 0.2) is 0 Å². The van der Waals surface area contributed by atoms with Gasteiger partial charge in [0.1, 0.15) is 11.3 Å². The number of aromatic hydroxyl groups is 1. The number of amides is 1. The van der Waals surface area contributed by atoms with Gasteiger partial charge in [0.05, 0.1) is 5.52 Å². The van der Waals surface area contributed by atoms with Gasteiger partial charge < -0.3 is 30.5 Å². The minimum atomic E-state index is -1.26. The smallest absolute Gasteiger partial charge is 0.328 e. The number of H-pyrrole nitrogens is 1. The number of carbonyl (C=O) groups excluding carboxylic acids is 1. The lowest BCUT2D eigenvalue weighted by molar-refractivity contribution is -0.134. The molecule has 2 unspecified atom stereocenters. The maximum absolute atomic E-state index is 12.6. The van der Waals surface area contributed by atoms with Crippen LogP contribution in [0.15, 0.2) is 41.2 Å². The summed E-state index contributed by atoms with van der Waals surface area (Å²) in [5, 5.41) is 29.5. The fourth-order valence-corrected chi connectivity index (χ4v) is 4.37. The van der Waals surface area contributed by atoms with Crippen molar-refractivity contribution in [1.29, 1.82) is 0 Å². The molecule has 2 bridgehead atoms. The first-order valence-electron chi connectivity index (χ1n) is 10.2. The number of aromatic nitrogens is 1. The van der Waals surface area contributed by atoms with Gasteiger partial charge in [-0.15, -0.1) is 0 Å². The topological polar surface area (TPSA) is 160 Å². The van der Waals surface area contributed by atoms with Gasteiger partial charge >= 0.3 is 11.9 Å². The summed E-state index contributed by atoms with van der Waals surface area (Å²) >= 11 is 0. The number of carboxylic acid groups (broad SMARTS) is 2. The van der Waals surface area contributed by atoms with Crippen molar-refractivity contribution in [2.24, 2.45) is 0 Å². The molecule has 0 spiro atoms. The van der Waals surface area contributed by atoms with E-state index >= 15 is 0 Å². The van der Waals surface area contributed by atoms with Gasteiger partial charge in [-0.2, -0.15) is 0 Å². The lowest BCUT2D eigenvalue weighted by Crippen LogP contribution is -2.49. The van der Waals surface area contributed by atoms with Gasteiger partial charge in [-0.1, -0.05) is 12.1 Å². The van der Waals surface area contributed by atoms with Crippen LogP contribution in [0.25, 0.3) is 10.9 Å². The molecule has 170 valence electrons. The van der Waals surface area contributed by atoms with E-state index in [4.69, 9.17) is 10.2 Å². The summed E-state index contributed by atoms with van der Waals surface area (Å²) in [5.41, 5.74) is -0.228. The summed E-state index contributed by atoms with van der Waals surface area (Å²) in [6.45, 7) is 0. The number of aliphatic carboxylic acids is 2. The average molecular weight is 443 g/mol. The molecule has 10 heteroatoms. The lowest BCUT2D eigenvalue weighted by Gasteiger charge is -2.36. The number of nitrogens with zero attached hydrogens (tertiary/aromatic N) is 1. The highest BCUT2D eigenvalue weighted by atomic mass is 16.4. The molecule has 2 atom stereocenters. The van der Waals surface area contributed by atoms with Gasteiger partial charge in [0, 0.05) is 35.7 Å². The second-order valence-electron chi connectivity index (χ2n) is 7.93. The molecule has 2 saturated heterocycles. The molecule has 2 aliphatic rings. The van der Waals surface area contributed by atoms with Crippen LogP contribution in [-0.2, 0) is 9.59 Å². The van der Waals surface area contributed by atoms with Crippen LogP contribution in [0, 0.1) is 0 Å². The Kier molecular flexibility index (Phi) is 6.94. The minimum Gasteiger partial charge on any atom is -0.506 e. The molecule has 10 nitrogen and oxygen atoms in total. The zero-order valence-electron chi connectivity index (χ0n) is 17.4. The van der Waals surface area contributed by atoms with E-state index in [9.17, 15) is 24.3 Å². The Morgan fingerprint density at radius 1 is 1.06 bits per heavy atom. The average Bonchev–Trinajstić information content (AvgIpc) is 2.93. The van der Waals surface area contributed by atoms with Crippen LogP contribution in [0.3, 0.4) is 0 Å². The molecule has 4 rings (SSSR count). The van der Waals surface area contributed by atoms with Crippen molar-refractivity contribution >= 4 is 28.7 Å². The molecule has 1 aromatic carbocycles. The second kappa shape index (κ2) is 9.65. The Labute approximate surface area is 183 Å². The number of benzene rings is 1. The van der Waals surface area contributed by atoms with E-state index in [2.05, 4.69) is 22.2 Å². The van der Waals surface area contributed by atoms with E-state index in [0.29, 0.717) is 35.1 Å². The first kappa shape index (κ1) is 23.0. The summed E-state index contributed by atoms with van der Waals surface area (Å²) < 4.78 is 0. The molecule has 32 heavy (non-hydrogen) atoms. The van der Waals surface area contributed by atoms with Crippen molar-refractivity contribution in [3.8, 4) is 5.75 Å². The summed E-state index contributed by atoms with van der Waals surface area (Å²) in [6.07, 6.45) is 5.23. The van der Waals surface area contributed by atoms with Gasteiger partial charge in [-0.05, 0) is 44.9 Å². The highest BCUT2D eigenvalue weighted by Crippen LogP contribution is 2.34. The van der Waals surface area contributed by atoms with Crippen LogP contribution in [0.1, 0.15) is 36.0 Å².